The number of likely N-dealkylation sites (N-methyl/N-ethyl adjacent to an activating group) is 1. The average Bonchev–Trinajstić information content (AvgIpc) is 3.07. The van der Waals surface area contributed by atoms with E-state index < -0.39 is 0 Å². The van der Waals surface area contributed by atoms with E-state index in [1.54, 1.807) is 29.2 Å². The van der Waals surface area contributed by atoms with Gasteiger partial charge in [0.25, 0.3) is 0 Å². The lowest BCUT2D eigenvalue weighted by molar-refractivity contribution is -0.131. The molecule has 0 saturated heterocycles. The number of halogens is 3. The number of H-pyrrole nitrogens is 1. The second kappa shape index (κ2) is 9.63. The van der Waals surface area contributed by atoms with Gasteiger partial charge < -0.3 is 20.5 Å². The van der Waals surface area contributed by atoms with Gasteiger partial charge in [0.15, 0.2) is 5.65 Å². The van der Waals surface area contributed by atoms with Crippen LogP contribution in [0.5, 0.6) is 0 Å². The van der Waals surface area contributed by atoms with Crippen LogP contribution in [-0.2, 0) is 11.3 Å². The SMILES string of the molecule is CN(CCN(Cc1cc(Cl)cc(Cl)c1)C(=O)CCN)c1nc2nc(Cl)ccc2[nH]1. The number of carbonyl (C=O) groups is 1. The highest BCUT2D eigenvalue weighted by atomic mass is 35.5. The molecule has 0 fully saturated rings. The fourth-order valence-corrected chi connectivity index (χ4v) is 3.62. The predicted octanol–water partition coefficient (Wildman–Crippen LogP) is 3.73. The monoisotopic (exact) mass is 454 g/mol. The van der Waals surface area contributed by atoms with Crippen molar-refractivity contribution in [1.29, 1.82) is 0 Å². The van der Waals surface area contributed by atoms with E-state index in [0.717, 1.165) is 11.1 Å². The number of anilines is 1. The molecule has 0 aliphatic rings. The van der Waals surface area contributed by atoms with Crippen LogP contribution in [0.1, 0.15) is 12.0 Å². The highest BCUT2D eigenvalue weighted by Crippen LogP contribution is 2.21. The summed E-state index contributed by atoms with van der Waals surface area (Å²) in [7, 11) is 1.89. The Morgan fingerprint density at radius 1 is 1.10 bits per heavy atom. The molecular weight excluding hydrogens is 435 g/mol. The summed E-state index contributed by atoms with van der Waals surface area (Å²) in [5.41, 5.74) is 7.78. The molecule has 0 bridgehead atoms. The summed E-state index contributed by atoms with van der Waals surface area (Å²) in [6.45, 7) is 1.71. The van der Waals surface area contributed by atoms with Crippen LogP contribution in [0, 0.1) is 0 Å². The smallest absolute Gasteiger partial charge is 0.224 e. The summed E-state index contributed by atoms with van der Waals surface area (Å²) < 4.78 is 0. The maximum absolute atomic E-state index is 12.6. The topological polar surface area (TPSA) is 91.1 Å². The predicted molar refractivity (Wildman–Crippen MR) is 118 cm³/mol. The molecule has 0 radical (unpaired) electrons. The van der Waals surface area contributed by atoms with Crippen LogP contribution < -0.4 is 10.6 Å². The molecule has 154 valence electrons. The lowest BCUT2D eigenvalue weighted by Crippen LogP contribution is -2.38. The third-order valence-electron chi connectivity index (χ3n) is 4.37. The number of pyridine rings is 1. The van der Waals surface area contributed by atoms with Crippen LogP contribution in [-0.4, -0.2) is 52.4 Å². The minimum Gasteiger partial charge on any atom is -0.344 e. The van der Waals surface area contributed by atoms with Crippen LogP contribution in [0.3, 0.4) is 0 Å². The molecule has 0 atom stereocenters. The summed E-state index contributed by atoms with van der Waals surface area (Å²) in [6, 6.07) is 8.79. The van der Waals surface area contributed by atoms with Crippen molar-refractivity contribution in [1.82, 2.24) is 19.9 Å². The van der Waals surface area contributed by atoms with Gasteiger partial charge in [-0.05, 0) is 35.9 Å². The van der Waals surface area contributed by atoms with Gasteiger partial charge in [-0.25, -0.2) is 4.98 Å². The lowest BCUT2D eigenvalue weighted by atomic mass is 10.2. The van der Waals surface area contributed by atoms with Crippen molar-refractivity contribution in [3.05, 3.63) is 51.1 Å². The van der Waals surface area contributed by atoms with Crippen LogP contribution in [0.2, 0.25) is 15.2 Å². The summed E-state index contributed by atoms with van der Waals surface area (Å²) in [5.74, 6) is 0.613. The number of benzene rings is 1. The van der Waals surface area contributed by atoms with Crippen molar-refractivity contribution in [2.45, 2.75) is 13.0 Å². The maximum Gasteiger partial charge on any atom is 0.224 e. The Kier molecular flexibility index (Phi) is 7.18. The highest BCUT2D eigenvalue weighted by molar-refractivity contribution is 6.34. The van der Waals surface area contributed by atoms with Gasteiger partial charge in [-0.1, -0.05) is 34.8 Å². The Hall–Kier alpha value is -2.06. The van der Waals surface area contributed by atoms with Crippen LogP contribution in [0.4, 0.5) is 5.95 Å². The Morgan fingerprint density at radius 2 is 1.83 bits per heavy atom. The number of amides is 1. The molecule has 1 amide bonds. The van der Waals surface area contributed by atoms with Gasteiger partial charge in [-0.3, -0.25) is 4.79 Å². The first-order valence-corrected chi connectivity index (χ1v) is 10.2. The molecule has 29 heavy (non-hydrogen) atoms. The van der Waals surface area contributed by atoms with Crippen LogP contribution >= 0.6 is 34.8 Å². The van der Waals surface area contributed by atoms with Gasteiger partial charge in [0.1, 0.15) is 5.15 Å². The van der Waals surface area contributed by atoms with Crippen molar-refractivity contribution in [3.8, 4) is 0 Å². The lowest BCUT2D eigenvalue weighted by Gasteiger charge is -2.26. The molecule has 0 spiro atoms. The molecule has 3 N–H and O–H groups in total. The highest BCUT2D eigenvalue weighted by Gasteiger charge is 2.16. The molecule has 0 unspecified atom stereocenters. The van der Waals surface area contributed by atoms with Crippen molar-refractivity contribution >= 4 is 57.8 Å². The third kappa shape index (κ3) is 5.73. The van der Waals surface area contributed by atoms with E-state index in [2.05, 4.69) is 15.0 Å². The zero-order valence-electron chi connectivity index (χ0n) is 15.8. The largest absolute Gasteiger partial charge is 0.344 e. The Morgan fingerprint density at radius 3 is 2.52 bits per heavy atom. The molecule has 10 heteroatoms. The Labute approximate surface area is 183 Å². The molecule has 0 saturated carbocycles. The zero-order valence-corrected chi connectivity index (χ0v) is 18.1. The van der Waals surface area contributed by atoms with Crippen molar-refractivity contribution in [2.24, 2.45) is 5.73 Å². The number of nitrogens with one attached hydrogen (secondary N) is 1. The fraction of sp³-hybridized carbons (Fsp3) is 0.316. The Balaban J connectivity index is 1.71. The quantitative estimate of drug-likeness (QED) is 0.505. The van der Waals surface area contributed by atoms with E-state index in [-0.39, 0.29) is 18.9 Å². The molecule has 0 aliphatic heterocycles. The standard InChI is InChI=1S/C19H21Cl3N6O/c1-27(19-24-15-2-3-16(22)25-18(15)26-19)6-7-28(17(29)4-5-23)11-12-8-13(20)10-14(21)9-12/h2-3,8-10H,4-7,11,23H2,1H3,(H,24,25,26). The first-order valence-electron chi connectivity index (χ1n) is 9.02. The van der Waals surface area contributed by atoms with E-state index >= 15 is 0 Å². The van der Waals surface area contributed by atoms with E-state index in [9.17, 15) is 4.79 Å². The van der Waals surface area contributed by atoms with Crippen molar-refractivity contribution in [3.63, 3.8) is 0 Å². The number of fused-ring (bicyclic) bond motifs is 1. The number of hydrogen-bond donors (Lipinski definition) is 2. The molecule has 2 heterocycles. The second-order valence-electron chi connectivity index (χ2n) is 6.62. The number of rotatable bonds is 8. The molecule has 1 aromatic carbocycles. The van der Waals surface area contributed by atoms with Crippen LogP contribution in [0.15, 0.2) is 30.3 Å². The molecule has 3 aromatic rings. The minimum absolute atomic E-state index is 0.0324. The number of hydrogen-bond acceptors (Lipinski definition) is 5. The van der Waals surface area contributed by atoms with Gasteiger partial charge in [0.2, 0.25) is 11.9 Å². The van der Waals surface area contributed by atoms with Gasteiger partial charge >= 0.3 is 0 Å². The summed E-state index contributed by atoms with van der Waals surface area (Å²) in [4.78, 5) is 28.1. The minimum atomic E-state index is -0.0324. The van der Waals surface area contributed by atoms with Gasteiger partial charge in [0, 0.05) is 49.7 Å². The van der Waals surface area contributed by atoms with E-state index in [0.29, 0.717) is 46.4 Å². The number of nitrogens with zero attached hydrogens (tertiary/aromatic N) is 4. The number of aromatic nitrogens is 3. The van der Waals surface area contributed by atoms with Gasteiger partial charge in [-0.15, -0.1) is 0 Å². The molecule has 3 rings (SSSR count). The number of imidazole rings is 1. The van der Waals surface area contributed by atoms with E-state index in [1.165, 1.54) is 0 Å². The number of aromatic amines is 1. The number of carbonyl (C=O) groups excluding carboxylic acids is 1. The molecule has 2 aromatic heterocycles. The van der Waals surface area contributed by atoms with E-state index in [4.69, 9.17) is 40.5 Å². The number of nitrogens with two attached hydrogens (primary N) is 1. The van der Waals surface area contributed by atoms with Gasteiger partial charge in [-0.2, -0.15) is 4.98 Å². The molecule has 0 aliphatic carbocycles. The average molecular weight is 456 g/mol. The Bertz CT molecular complexity index is 989. The first-order chi connectivity index (χ1) is 13.9. The van der Waals surface area contributed by atoms with E-state index in [1.807, 2.05) is 18.0 Å². The van der Waals surface area contributed by atoms with Crippen LogP contribution in [0.25, 0.3) is 11.2 Å². The zero-order chi connectivity index (χ0) is 21.0. The van der Waals surface area contributed by atoms with Crippen molar-refractivity contribution < 1.29 is 4.79 Å². The summed E-state index contributed by atoms with van der Waals surface area (Å²) in [6.07, 6.45) is 0.269. The molecular formula is C19H21Cl3N6O. The molecule has 7 nitrogen and oxygen atoms in total. The third-order valence-corrected chi connectivity index (χ3v) is 5.02. The maximum atomic E-state index is 12.6. The first kappa shape index (κ1) is 21.6. The fourth-order valence-electron chi connectivity index (χ4n) is 2.91. The van der Waals surface area contributed by atoms with Gasteiger partial charge in [0.05, 0.1) is 5.52 Å². The summed E-state index contributed by atoms with van der Waals surface area (Å²) >= 11 is 18.1. The normalized spacial score (nSPS) is 11.1. The summed E-state index contributed by atoms with van der Waals surface area (Å²) in [5, 5.41) is 1.45. The van der Waals surface area contributed by atoms with Crippen molar-refractivity contribution in [2.75, 3.05) is 31.6 Å². The second-order valence-corrected chi connectivity index (χ2v) is 7.88.